The minimum absolute atomic E-state index is 0.235. The van der Waals surface area contributed by atoms with E-state index in [2.05, 4.69) is 32.6 Å². The van der Waals surface area contributed by atoms with Gasteiger partial charge in [-0.25, -0.2) is 0 Å². The second-order valence-corrected chi connectivity index (χ2v) is 6.92. The number of nitrogens with zero attached hydrogens (tertiary/aromatic N) is 1. The average Bonchev–Trinajstić information content (AvgIpc) is 2.97. The van der Waals surface area contributed by atoms with Crippen molar-refractivity contribution in [1.29, 1.82) is 0 Å². The van der Waals surface area contributed by atoms with Crippen molar-refractivity contribution < 1.29 is 0 Å². The minimum atomic E-state index is 0.235. The van der Waals surface area contributed by atoms with Crippen LogP contribution in [0.15, 0.2) is 0 Å². The molecule has 0 bridgehead atoms. The van der Waals surface area contributed by atoms with Crippen LogP contribution in [-0.2, 0) is 0 Å². The Morgan fingerprint density at radius 3 is 2.12 bits per heavy atom. The lowest BCUT2D eigenvalue weighted by Crippen LogP contribution is -2.56. The predicted octanol–water partition coefficient (Wildman–Crippen LogP) is 3.02. The molecule has 1 aliphatic carbocycles. The Balaban J connectivity index is 2.13. The molecular formula is C15H30N2. The summed E-state index contributed by atoms with van der Waals surface area (Å²) in [5, 5.41) is 0. The quantitative estimate of drug-likeness (QED) is 0.798. The van der Waals surface area contributed by atoms with Crippen molar-refractivity contribution in [2.45, 2.75) is 65.3 Å². The van der Waals surface area contributed by atoms with Gasteiger partial charge in [-0.3, -0.25) is 4.90 Å². The van der Waals surface area contributed by atoms with Crippen molar-refractivity contribution in [1.82, 2.24) is 4.90 Å². The standard InChI is InChI=1S/C15H30N2/c1-5-15(6-2)9-10-17(12-15)14(4,11-16)13(3)7-8-13/h5-12,16H2,1-4H3. The van der Waals surface area contributed by atoms with E-state index in [1.54, 1.807) is 0 Å². The van der Waals surface area contributed by atoms with Crippen molar-refractivity contribution in [2.24, 2.45) is 16.6 Å². The first kappa shape index (κ1) is 13.4. The fourth-order valence-electron chi connectivity index (χ4n) is 3.67. The van der Waals surface area contributed by atoms with Gasteiger partial charge in [0, 0.05) is 18.6 Å². The summed E-state index contributed by atoms with van der Waals surface area (Å²) in [6.07, 6.45) is 6.73. The molecule has 17 heavy (non-hydrogen) atoms. The lowest BCUT2D eigenvalue weighted by molar-refractivity contribution is 0.0568. The monoisotopic (exact) mass is 238 g/mol. The van der Waals surface area contributed by atoms with Crippen LogP contribution in [0.3, 0.4) is 0 Å². The van der Waals surface area contributed by atoms with Crippen LogP contribution in [-0.4, -0.2) is 30.1 Å². The minimum Gasteiger partial charge on any atom is -0.329 e. The normalized spacial score (nSPS) is 30.2. The highest BCUT2D eigenvalue weighted by molar-refractivity contribution is 5.11. The Labute approximate surface area is 107 Å². The summed E-state index contributed by atoms with van der Waals surface area (Å²) in [6.45, 7) is 12.9. The molecule has 1 aliphatic heterocycles. The SMILES string of the molecule is CCC1(CC)CCN(C(C)(CN)C2(C)CC2)C1. The Kier molecular flexibility index (Phi) is 3.33. The topological polar surface area (TPSA) is 29.3 Å². The fraction of sp³-hybridized carbons (Fsp3) is 1.00. The molecule has 1 unspecified atom stereocenters. The molecule has 0 aromatic carbocycles. The van der Waals surface area contributed by atoms with Crippen LogP contribution in [0, 0.1) is 10.8 Å². The summed E-state index contributed by atoms with van der Waals surface area (Å²) in [5.74, 6) is 0. The molecule has 0 aromatic heterocycles. The molecule has 1 saturated carbocycles. The number of hydrogen-bond acceptors (Lipinski definition) is 2. The first-order chi connectivity index (χ1) is 7.95. The van der Waals surface area contributed by atoms with Gasteiger partial charge in [0.25, 0.3) is 0 Å². The molecule has 1 heterocycles. The first-order valence-corrected chi connectivity index (χ1v) is 7.40. The van der Waals surface area contributed by atoms with Crippen molar-refractivity contribution in [2.75, 3.05) is 19.6 Å². The Morgan fingerprint density at radius 2 is 1.76 bits per heavy atom. The Bertz CT molecular complexity index is 279. The van der Waals surface area contributed by atoms with Crippen LogP contribution in [0.1, 0.15) is 59.8 Å². The van der Waals surface area contributed by atoms with Crippen LogP contribution in [0.25, 0.3) is 0 Å². The molecule has 1 saturated heterocycles. The fourth-order valence-corrected chi connectivity index (χ4v) is 3.67. The van der Waals surface area contributed by atoms with Gasteiger partial charge < -0.3 is 5.73 Å². The van der Waals surface area contributed by atoms with E-state index in [1.807, 2.05) is 0 Å². The molecule has 2 fully saturated rings. The van der Waals surface area contributed by atoms with E-state index in [1.165, 1.54) is 45.2 Å². The first-order valence-electron chi connectivity index (χ1n) is 7.40. The van der Waals surface area contributed by atoms with Gasteiger partial charge in [-0.15, -0.1) is 0 Å². The van der Waals surface area contributed by atoms with Crippen LogP contribution >= 0.6 is 0 Å². The van der Waals surface area contributed by atoms with E-state index < -0.39 is 0 Å². The van der Waals surface area contributed by atoms with Gasteiger partial charge in [-0.1, -0.05) is 20.8 Å². The highest BCUT2D eigenvalue weighted by Gasteiger charge is 2.57. The smallest absolute Gasteiger partial charge is 0.0357 e. The van der Waals surface area contributed by atoms with Gasteiger partial charge in [-0.2, -0.15) is 0 Å². The average molecular weight is 238 g/mol. The summed E-state index contributed by atoms with van der Waals surface area (Å²) in [7, 11) is 0. The third-order valence-electron chi connectivity index (χ3n) is 6.33. The van der Waals surface area contributed by atoms with Crippen molar-refractivity contribution in [3.05, 3.63) is 0 Å². The zero-order chi connectivity index (χ0) is 12.7. The van der Waals surface area contributed by atoms with E-state index in [9.17, 15) is 0 Å². The lowest BCUT2D eigenvalue weighted by atomic mass is 9.80. The summed E-state index contributed by atoms with van der Waals surface area (Å²) < 4.78 is 0. The van der Waals surface area contributed by atoms with E-state index in [0.29, 0.717) is 10.8 Å². The van der Waals surface area contributed by atoms with E-state index in [0.717, 1.165) is 6.54 Å². The molecule has 2 rings (SSSR count). The molecule has 1 atom stereocenters. The van der Waals surface area contributed by atoms with Crippen molar-refractivity contribution in [3.8, 4) is 0 Å². The predicted molar refractivity (Wildman–Crippen MR) is 74.0 cm³/mol. The van der Waals surface area contributed by atoms with Crippen molar-refractivity contribution in [3.63, 3.8) is 0 Å². The summed E-state index contributed by atoms with van der Waals surface area (Å²) in [6, 6.07) is 0. The summed E-state index contributed by atoms with van der Waals surface area (Å²) in [4.78, 5) is 2.72. The van der Waals surface area contributed by atoms with Crippen LogP contribution < -0.4 is 5.73 Å². The second-order valence-electron chi connectivity index (χ2n) is 6.92. The molecule has 2 N–H and O–H groups in total. The molecule has 0 aromatic rings. The van der Waals surface area contributed by atoms with Gasteiger partial charge >= 0.3 is 0 Å². The molecule has 0 radical (unpaired) electrons. The van der Waals surface area contributed by atoms with E-state index in [-0.39, 0.29) is 5.54 Å². The number of rotatable bonds is 5. The maximum absolute atomic E-state index is 6.14. The van der Waals surface area contributed by atoms with Gasteiger partial charge in [0.15, 0.2) is 0 Å². The molecule has 2 aliphatic rings. The maximum atomic E-state index is 6.14. The molecule has 2 nitrogen and oxygen atoms in total. The third kappa shape index (κ3) is 1.94. The van der Waals surface area contributed by atoms with Crippen LogP contribution in [0.2, 0.25) is 0 Å². The van der Waals surface area contributed by atoms with E-state index in [4.69, 9.17) is 5.73 Å². The number of likely N-dealkylation sites (tertiary alicyclic amines) is 1. The molecular weight excluding hydrogens is 208 g/mol. The summed E-state index contributed by atoms with van der Waals surface area (Å²) >= 11 is 0. The largest absolute Gasteiger partial charge is 0.329 e. The third-order valence-corrected chi connectivity index (χ3v) is 6.33. The highest BCUT2D eigenvalue weighted by atomic mass is 15.2. The highest BCUT2D eigenvalue weighted by Crippen LogP contribution is 2.57. The Morgan fingerprint density at radius 1 is 1.18 bits per heavy atom. The van der Waals surface area contributed by atoms with E-state index >= 15 is 0 Å². The van der Waals surface area contributed by atoms with Gasteiger partial charge in [0.1, 0.15) is 0 Å². The number of nitrogens with two attached hydrogens (primary N) is 1. The molecule has 100 valence electrons. The molecule has 2 heteroatoms. The zero-order valence-electron chi connectivity index (χ0n) is 12.2. The molecule has 0 amide bonds. The zero-order valence-corrected chi connectivity index (χ0v) is 12.2. The van der Waals surface area contributed by atoms with Crippen LogP contribution in [0.4, 0.5) is 0 Å². The number of hydrogen-bond donors (Lipinski definition) is 1. The summed E-state index contributed by atoms with van der Waals surface area (Å²) in [5.41, 5.74) is 7.43. The lowest BCUT2D eigenvalue weighted by Gasteiger charge is -2.44. The maximum Gasteiger partial charge on any atom is 0.0357 e. The van der Waals surface area contributed by atoms with Gasteiger partial charge in [0.05, 0.1) is 0 Å². The van der Waals surface area contributed by atoms with Crippen LogP contribution in [0.5, 0.6) is 0 Å². The Hall–Kier alpha value is -0.0800. The second kappa shape index (κ2) is 4.24. The molecule has 0 spiro atoms. The van der Waals surface area contributed by atoms with Crippen molar-refractivity contribution >= 4 is 0 Å². The van der Waals surface area contributed by atoms with Gasteiger partial charge in [0.2, 0.25) is 0 Å². The van der Waals surface area contributed by atoms with Gasteiger partial charge in [-0.05, 0) is 56.4 Å².